The number of hydrogen-bond acceptors (Lipinski definition) is 4. The first-order valence-electron chi connectivity index (χ1n) is 4.32. The van der Waals surface area contributed by atoms with Crippen LogP contribution in [0.4, 0.5) is 5.69 Å². The van der Waals surface area contributed by atoms with Crippen LogP contribution in [0.5, 0.6) is 0 Å². The summed E-state index contributed by atoms with van der Waals surface area (Å²) in [7, 11) is 0. The third-order valence-electron chi connectivity index (χ3n) is 2.15. The van der Waals surface area contributed by atoms with E-state index in [0.29, 0.717) is 5.56 Å². The highest BCUT2D eigenvalue weighted by atomic mass is 16.6. The molecule has 0 saturated carbocycles. The topological polar surface area (TPSA) is 86.3 Å². The van der Waals surface area contributed by atoms with Gasteiger partial charge in [-0.3, -0.25) is 20.2 Å². The second kappa shape index (κ2) is 4.04. The van der Waals surface area contributed by atoms with Crippen molar-refractivity contribution in [2.24, 2.45) is 0 Å². The summed E-state index contributed by atoms with van der Waals surface area (Å²) in [5.41, 5.74) is 0.649. The van der Waals surface area contributed by atoms with Gasteiger partial charge in [-0.15, -0.1) is 0 Å². The summed E-state index contributed by atoms with van der Waals surface area (Å²) in [5.74, 6) is 0. The third kappa shape index (κ3) is 2.28. The predicted molar refractivity (Wildman–Crippen MR) is 53.2 cm³/mol. The minimum absolute atomic E-state index is 0.135. The molecule has 0 heterocycles. The molecule has 0 spiro atoms. The zero-order chi connectivity index (χ0) is 11.6. The molecule has 0 radical (unpaired) electrons. The van der Waals surface area contributed by atoms with Gasteiger partial charge in [-0.25, -0.2) is 0 Å². The van der Waals surface area contributed by atoms with Crippen LogP contribution in [0.15, 0.2) is 18.2 Å². The number of aryl methyl sites for hydroxylation is 1. The van der Waals surface area contributed by atoms with E-state index in [9.17, 15) is 20.2 Å². The van der Waals surface area contributed by atoms with Gasteiger partial charge in [0.1, 0.15) is 5.56 Å². The van der Waals surface area contributed by atoms with Gasteiger partial charge in [0.2, 0.25) is 6.04 Å². The van der Waals surface area contributed by atoms with Crippen LogP contribution in [0, 0.1) is 27.2 Å². The number of nitrogens with zero attached hydrogens (tertiary/aromatic N) is 2. The van der Waals surface area contributed by atoms with Crippen molar-refractivity contribution in [3.05, 3.63) is 49.6 Å². The van der Waals surface area contributed by atoms with Crippen molar-refractivity contribution in [1.82, 2.24) is 0 Å². The highest BCUT2D eigenvalue weighted by molar-refractivity contribution is 5.44. The van der Waals surface area contributed by atoms with Crippen molar-refractivity contribution in [3.63, 3.8) is 0 Å². The molecule has 6 heteroatoms. The molecule has 0 aliphatic carbocycles. The average Bonchev–Trinajstić information content (AvgIpc) is 2.16. The Labute approximate surface area is 85.8 Å². The van der Waals surface area contributed by atoms with E-state index in [0.717, 1.165) is 0 Å². The van der Waals surface area contributed by atoms with Crippen LogP contribution >= 0.6 is 0 Å². The molecule has 1 rings (SSSR count). The fourth-order valence-electron chi connectivity index (χ4n) is 1.28. The van der Waals surface area contributed by atoms with Crippen LogP contribution in [0.2, 0.25) is 0 Å². The van der Waals surface area contributed by atoms with Gasteiger partial charge in [-0.1, -0.05) is 6.07 Å². The molecule has 0 saturated heterocycles. The SMILES string of the molecule is Cc1ccc(C(C)[N+](=O)[O-])c([N+](=O)[O-])c1. The molecule has 0 amide bonds. The molecule has 1 atom stereocenters. The second-order valence-corrected chi connectivity index (χ2v) is 3.28. The van der Waals surface area contributed by atoms with Crippen LogP contribution in [-0.2, 0) is 0 Å². The Morgan fingerprint density at radius 1 is 1.27 bits per heavy atom. The molecule has 0 fully saturated rings. The van der Waals surface area contributed by atoms with Gasteiger partial charge in [-0.05, 0) is 18.6 Å². The average molecular weight is 210 g/mol. The van der Waals surface area contributed by atoms with E-state index < -0.39 is 15.9 Å². The van der Waals surface area contributed by atoms with E-state index in [2.05, 4.69) is 0 Å². The Kier molecular flexibility index (Phi) is 2.99. The number of nitro groups is 2. The van der Waals surface area contributed by atoms with E-state index >= 15 is 0 Å². The fraction of sp³-hybridized carbons (Fsp3) is 0.333. The summed E-state index contributed by atoms with van der Waals surface area (Å²) in [6, 6.07) is 3.34. The maximum atomic E-state index is 10.7. The maximum absolute atomic E-state index is 10.7. The summed E-state index contributed by atoms with van der Waals surface area (Å²) < 4.78 is 0. The smallest absolute Gasteiger partial charge is 0.264 e. The molecule has 0 aliphatic rings. The van der Waals surface area contributed by atoms with E-state index in [-0.39, 0.29) is 11.3 Å². The van der Waals surface area contributed by atoms with E-state index in [1.54, 1.807) is 13.0 Å². The second-order valence-electron chi connectivity index (χ2n) is 3.28. The Bertz CT molecular complexity index is 417. The first-order chi connectivity index (χ1) is 6.93. The van der Waals surface area contributed by atoms with Gasteiger partial charge in [0, 0.05) is 17.9 Å². The van der Waals surface area contributed by atoms with Crippen molar-refractivity contribution in [1.29, 1.82) is 0 Å². The number of nitro benzene ring substituents is 1. The third-order valence-corrected chi connectivity index (χ3v) is 2.15. The van der Waals surface area contributed by atoms with E-state index in [1.165, 1.54) is 19.1 Å². The Hall–Kier alpha value is -1.98. The fourth-order valence-corrected chi connectivity index (χ4v) is 1.28. The largest absolute Gasteiger partial charge is 0.279 e. The summed E-state index contributed by atoms with van der Waals surface area (Å²) in [6.07, 6.45) is 0. The molecule has 0 aromatic heterocycles. The number of hydrogen-bond donors (Lipinski definition) is 0. The molecule has 1 aromatic carbocycles. The maximum Gasteiger partial charge on any atom is 0.279 e. The Balaban J connectivity index is 3.28. The molecule has 0 aliphatic heterocycles. The summed E-state index contributed by atoms with van der Waals surface area (Å²) in [5, 5.41) is 21.2. The lowest BCUT2D eigenvalue weighted by molar-refractivity contribution is -0.525. The van der Waals surface area contributed by atoms with Crippen molar-refractivity contribution in [2.75, 3.05) is 0 Å². The zero-order valence-corrected chi connectivity index (χ0v) is 8.34. The van der Waals surface area contributed by atoms with Crippen molar-refractivity contribution < 1.29 is 9.85 Å². The molecule has 6 nitrogen and oxygen atoms in total. The van der Waals surface area contributed by atoms with Crippen LogP contribution in [0.25, 0.3) is 0 Å². The normalized spacial score (nSPS) is 12.1. The lowest BCUT2D eigenvalue weighted by Crippen LogP contribution is -2.08. The van der Waals surface area contributed by atoms with Crippen molar-refractivity contribution >= 4 is 5.69 Å². The molecule has 1 unspecified atom stereocenters. The van der Waals surface area contributed by atoms with Crippen LogP contribution in [0.3, 0.4) is 0 Å². The summed E-state index contributed by atoms with van der Waals surface area (Å²) in [6.45, 7) is 3.03. The Morgan fingerprint density at radius 2 is 1.87 bits per heavy atom. The van der Waals surface area contributed by atoms with Crippen LogP contribution in [0.1, 0.15) is 24.1 Å². The lowest BCUT2D eigenvalue weighted by Gasteiger charge is -2.05. The minimum atomic E-state index is -1.06. The monoisotopic (exact) mass is 210 g/mol. The summed E-state index contributed by atoms with van der Waals surface area (Å²) >= 11 is 0. The highest BCUT2D eigenvalue weighted by Crippen LogP contribution is 2.27. The van der Waals surface area contributed by atoms with Gasteiger partial charge in [0.25, 0.3) is 5.69 Å². The molecule has 15 heavy (non-hydrogen) atoms. The number of rotatable bonds is 3. The molecule has 1 aromatic rings. The first-order valence-corrected chi connectivity index (χ1v) is 4.32. The summed E-state index contributed by atoms with van der Waals surface area (Å²) in [4.78, 5) is 20.1. The van der Waals surface area contributed by atoms with Crippen molar-refractivity contribution in [2.45, 2.75) is 19.9 Å². The first kappa shape index (κ1) is 11.1. The van der Waals surface area contributed by atoms with Crippen molar-refractivity contribution in [3.8, 4) is 0 Å². The Morgan fingerprint density at radius 3 is 2.33 bits per heavy atom. The minimum Gasteiger partial charge on any atom is -0.264 e. The lowest BCUT2D eigenvalue weighted by atomic mass is 10.0. The van der Waals surface area contributed by atoms with Gasteiger partial charge in [0.15, 0.2) is 0 Å². The van der Waals surface area contributed by atoms with E-state index in [1.807, 2.05) is 0 Å². The van der Waals surface area contributed by atoms with Gasteiger partial charge in [-0.2, -0.15) is 0 Å². The molecular weight excluding hydrogens is 200 g/mol. The predicted octanol–water partition coefficient (Wildman–Crippen LogP) is 2.24. The zero-order valence-electron chi connectivity index (χ0n) is 8.34. The molecular formula is C9H10N2O4. The van der Waals surface area contributed by atoms with Gasteiger partial charge in [0.05, 0.1) is 4.92 Å². The molecule has 0 bridgehead atoms. The van der Waals surface area contributed by atoms with Crippen LogP contribution in [-0.4, -0.2) is 9.85 Å². The molecule has 0 N–H and O–H groups in total. The standard InChI is InChI=1S/C9H10N2O4/c1-6-3-4-8(7(2)10(12)13)9(5-6)11(14)15/h3-5,7H,1-2H3. The number of benzene rings is 1. The van der Waals surface area contributed by atoms with Gasteiger partial charge < -0.3 is 0 Å². The quantitative estimate of drug-likeness (QED) is 0.565. The van der Waals surface area contributed by atoms with E-state index in [4.69, 9.17) is 0 Å². The molecule has 80 valence electrons. The van der Waals surface area contributed by atoms with Crippen LogP contribution < -0.4 is 0 Å². The van der Waals surface area contributed by atoms with Gasteiger partial charge >= 0.3 is 0 Å². The highest BCUT2D eigenvalue weighted by Gasteiger charge is 2.25.